The van der Waals surface area contributed by atoms with Crippen molar-refractivity contribution in [3.05, 3.63) is 60.2 Å². The zero-order chi connectivity index (χ0) is 19.6. The van der Waals surface area contributed by atoms with Crippen molar-refractivity contribution in [1.82, 2.24) is 24.8 Å². The number of hydrogen-bond donors (Lipinski definition) is 2. The van der Waals surface area contributed by atoms with Crippen molar-refractivity contribution in [3.63, 3.8) is 0 Å². The van der Waals surface area contributed by atoms with Crippen molar-refractivity contribution in [2.24, 2.45) is 0 Å². The van der Waals surface area contributed by atoms with Crippen LogP contribution in [0, 0.1) is 0 Å². The molecule has 27 heavy (non-hydrogen) atoms. The van der Waals surface area contributed by atoms with Gasteiger partial charge in [0.2, 0.25) is 5.95 Å². The number of hydroxylamine groups is 2. The van der Waals surface area contributed by atoms with Gasteiger partial charge in [0, 0.05) is 7.05 Å². The molecule has 0 aliphatic heterocycles. The first-order valence-corrected chi connectivity index (χ1v) is 7.53. The maximum absolute atomic E-state index is 12.6. The molecule has 1 aromatic carbocycles. The Morgan fingerprint density at radius 2 is 1.85 bits per heavy atom. The van der Waals surface area contributed by atoms with Crippen molar-refractivity contribution < 1.29 is 23.2 Å². The van der Waals surface area contributed by atoms with Gasteiger partial charge in [-0.25, -0.2) is 14.7 Å². The highest BCUT2D eigenvalue weighted by Gasteiger charge is 2.30. The van der Waals surface area contributed by atoms with Crippen LogP contribution in [0.15, 0.2) is 48.9 Å². The number of nitrogens with zero attached hydrogens (tertiary/aromatic N) is 5. The second-order valence-corrected chi connectivity index (χ2v) is 5.44. The van der Waals surface area contributed by atoms with Crippen LogP contribution in [0.25, 0.3) is 5.69 Å². The van der Waals surface area contributed by atoms with Crippen molar-refractivity contribution in [2.45, 2.75) is 6.18 Å². The summed E-state index contributed by atoms with van der Waals surface area (Å²) in [5.74, 6) is -0.471. The van der Waals surface area contributed by atoms with Crippen LogP contribution >= 0.6 is 0 Å². The van der Waals surface area contributed by atoms with E-state index in [2.05, 4.69) is 20.4 Å². The summed E-state index contributed by atoms with van der Waals surface area (Å²) in [6.45, 7) is 0. The van der Waals surface area contributed by atoms with E-state index >= 15 is 0 Å². The standard InChI is InChI=1S/C16H13F3N6O2/c1-24(27)14(26)13-7-4-11(8-20-13)22-15-21-9-25(23-15)12-5-2-10(3-6-12)16(17,18)19/h2-9,27H,1H3,(H,22,23). The number of halogens is 3. The highest BCUT2D eigenvalue weighted by atomic mass is 19.4. The lowest BCUT2D eigenvalue weighted by molar-refractivity contribution is -0.137. The van der Waals surface area contributed by atoms with E-state index in [1.54, 1.807) is 6.07 Å². The van der Waals surface area contributed by atoms with E-state index in [9.17, 15) is 18.0 Å². The number of alkyl halides is 3. The molecule has 0 fully saturated rings. The van der Waals surface area contributed by atoms with Gasteiger partial charge in [0.1, 0.15) is 12.0 Å². The molecule has 0 radical (unpaired) electrons. The molecule has 0 spiro atoms. The van der Waals surface area contributed by atoms with Gasteiger partial charge in [0.05, 0.1) is 23.1 Å². The third-order valence-electron chi connectivity index (χ3n) is 3.48. The van der Waals surface area contributed by atoms with Gasteiger partial charge in [-0.1, -0.05) is 0 Å². The number of hydrogen-bond acceptors (Lipinski definition) is 6. The number of carbonyl (C=O) groups is 1. The first kappa shape index (κ1) is 18.3. The van der Waals surface area contributed by atoms with Gasteiger partial charge in [0.25, 0.3) is 5.91 Å². The van der Waals surface area contributed by atoms with Crippen LogP contribution in [0.2, 0.25) is 0 Å². The number of amides is 1. The van der Waals surface area contributed by atoms with E-state index < -0.39 is 17.6 Å². The lowest BCUT2D eigenvalue weighted by atomic mass is 10.2. The number of carbonyl (C=O) groups excluding carboxylic acids is 1. The molecular weight excluding hydrogens is 365 g/mol. The highest BCUT2D eigenvalue weighted by molar-refractivity contribution is 5.91. The van der Waals surface area contributed by atoms with E-state index in [0.29, 0.717) is 16.4 Å². The topological polar surface area (TPSA) is 96.2 Å². The molecular formula is C16H13F3N6O2. The summed E-state index contributed by atoms with van der Waals surface area (Å²) in [5, 5.41) is 16.5. The second kappa shape index (κ2) is 7.03. The second-order valence-electron chi connectivity index (χ2n) is 5.44. The molecule has 140 valence electrons. The molecule has 0 unspecified atom stereocenters. The molecule has 1 amide bonds. The predicted octanol–water partition coefficient (Wildman–Crippen LogP) is 2.89. The van der Waals surface area contributed by atoms with Gasteiger partial charge < -0.3 is 5.32 Å². The molecule has 0 saturated heterocycles. The van der Waals surface area contributed by atoms with E-state index in [0.717, 1.165) is 12.1 Å². The maximum Gasteiger partial charge on any atom is 0.416 e. The normalized spacial score (nSPS) is 11.3. The Labute approximate surface area is 150 Å². The Hall–Kier alpha value is -3.47. The summed E-state index contributed by atoms with van der Waals surface area (Å²) >= 11 is 0. The lowest BCUT2D eigenvalue weighted by Gasteiger charge is -2.08. The minimum Gasteiger partial charge on any atom is -0.321 e. The molecule has 0 saturated carbocycles. The van der Waals surface area contributed by atoms with Crippen LogP contribution in [0.4, 0.5) is 24.8 Å². The molecule has 2 aromatic heterocycles. The monoisotopic (exact) mass is 378 g/mol. The number of rotatable bonds is 4. The first-order chi connectivity index (χ1) is 12.7. The zero-order valence-electron chi connectivity index (χ0n) is 13.8. The minimum absolute atomic E-state index is 0.0498. The van der Waals surface area contributed by atoms with E-state index in [4.69, 9.17) is 5.21 Å². The van der Waals surface area contributed by atoms with Crippen LogP contribution < -0.4 is 5.32 Å². The van der Waals surface area contributed by atoms with Crippen molar-refractivity contribution in [3.8, 4) is 5.69 Å². The average molecular weight is 378 g/mol. The van der Waals surface area contributed by atoms with Gasteiger partial charge in [-0.2, -0.15) is 18.2 Å². The van der Waals surface area contributed by atoms with Gasteiger partial charge in [-0.3, -0.25) is 10.0 Å². The SMILES string of the molecule is CN(O)C(=O)c1ccc(Nc2ncn(-c3ccc(C(F)(F)F)cc3)n2)cn1. The number of nitrogens with one attached hydrogen (secondary N) is 1. The van der Waals surface area contributed by atoms with E-state index in [1.807, 2.05) is 0 Å². The van der Waals surface area contributed by atoms with Crippen molar-refractivity contribution in [2.75, 3.05) is 12.4 Å². The summed E-state index contributed by atoms with van der Waals surface area (Å²) in [7, 11) is 1.19. The molecule has 2 N–H and O–H groups in total. The van der Waals surface area contributed by atoms with Crippen LogP contribution in [0.5, 0.6) is 0 Å². The molecule has 0 bridgehead atoms. The van der Waals surface area contributed by atoms with Crippen LogP contribution in [0.3, 0.4) is 0 Å². The number of pyridine rings is 1. The molecule has 11 heteroatoms. The first-order valence-electron chi connectivity index (χ1n) is 7.53. The smallest absolute Gasteiger partial charge is 0.321 e. The average Bonchev–Trinajstić information content (AvgIpc) is 3.09. The van der Waals surface area contributed by atoms with Gasteiger partial charge in [-0.15, -0.1) is 5.10 Å². The predicted molar refractivity (Wildman–Crippen MR) is 87.8 cm³/mol. The number of anilines is 2. The minimum atomic E-state index is -4.40. The number of benzene rings is 1. The Bertz CT molecular complexity index is 936. The summed E-state index contributed by atoms with van der Waals surface area (Å²) in [6, 6.07) is 7.44. The van der Waals surface area contributed by atoms with Gasteiger partial charge >= 0.3 is 6.18 Å². The van der Waals surface area contributed by atoms with E-state index in [1.165, 1.54) is 42.5 Å². The Balaban J connectivity index is 1.72. The van der Waals surface area contributed by atoms with E-state index in [-0.39, 0.29) is 11.6 Å². The molecule has 2 heterocycles. The molecule has 0 aliphatic carbocycles. The summed E-state index contributed by atoms with van der Waals surface area (Å²) in [6.07, 6.45) is -1.70. The van der Waals surface area contributed by atoms with Crippen molar-refractivity contribution in [1.29, 1.82) is 0 Å². The fraction of sp³-hybridized carbons (Fsp3) is 0.125. The number of aromatic nitrogens is 4. The molecule has 0 atom stereocenters. The van der Waals surface area contributed by atoms with Crippen LogP contribution in [0.1, 0.15) is 16.1 Å². The van der Waals surface area contributed by atoms with Gasteiger partial charge in [-0.05, 0) is 36.4 Å². The fourth-order valence-corrected chi connectivity index (χ4v) is 2.14. The van der Waals surface area contributed by atoms with Crippen molar-refractivity contribution >= 4 is 17.5 Å². The Morgan fingerprint density at radius 1 is 1.15 bits per heavy atom. The lowest BCUT2D eigenvalue weighted by Crippen LogP contribution is -2.23. The fourth-order valence-electron chi connectivity index (χ4n) is 2.14. The zero-order valence-corrected chi connectivity index (χ0v) is 13.8. The Morgan fingerprint density at radius 3 is 2.41 bits per heavy atom. The summed E-state index contributed by atoms with van der Waals surface area (Å²) in [5.41, 5.74) is 0.193. The highest BCUT2D eigenvalue weighted by Crippen LogP contribution is 2.29. The maximum atomic E-state index is 12.6. The largest absolute Gasteiger partial charge is 0.416 e. The van der Waals surface area contributed by atoms with Crippen LogP contribution in [-0.4, -0.2) is 43.0 Å². The van der Waals surface area contributed by atoms with Crippen LogP contribution in [-0.2, 0) is 6.18 Å². The Kier molecular flexibility index (Phi) is 4.77. The molecule has 8 nitrogen and oxygen atoms in total. The summed E-state index contributed by atoms with van der Waals surface area (Å²) < 4.78 is 39.1. The molecule has 3 rings (SSSR count). The third kappa shape index (κ3) is 4.20. The quantitative estimate of drug-likeness (QED) is 0.535. The molecule has 3 aromatic rings. The van der Waals surface area contributed by atoms with Gasteiger partial charge in [0.15, 0.2) is 0 Å². The molecule has 0 aliphatic rings. The summed E-state index contributed by atoms with van der Waals surface area (Å²) in [4.78, 5) is 19.5. The third-order valence-corrected chi connectivity index (χ3v) is 3.48.